The first kappa shape index (κ1) is 8.06. The molecule has 1 fully saturated rings. The first-order valence-corrected chi connectivity index (χ1v) is 4.42. The third kappa shape index (κ3) is 1.98. The van der Waals surface area contributed by atoms with E-state index in [-0.39, 0.29) is 0 Å². The zero-order valence-electron chi connectivity index (χ0n) is 7.19. The fraction of sp³-hybridized carbons (Fsp3) is 0.889. The predicted octanol–water partition coefficient (Wildman–Crippen LogP) is 2.43. The summed E-state index contributed by atoms with van der Waals surface area (Å²) in [5, 5.41) is 0. The largest absolute Gasteiger partial charge is 0.296 e. The highest BCUT2D eigenvalue weighted by Crippen LogP contribution is 2.21. The molecule has 59 valence electrons. The summed E-state index contributed by atoms with van der Waals surface area (Å²) in [5.41, 5.74) is 0. The molecule has 0 atom stereocenters. The summed E-state index contributed by atoms with van der Waals surface area (Å²) in [6.07, 6.45) is 5.43. The Hall–Kier alpha value is -0.0400. The summed E-state index contributed by atoms with van der Waals surface area (Å²) in [4.78, 5) is 2.53. The highest BCUT2D eigenvalue weighted by atomic mass is 15.1. The van der Waals surface area contributed by atoms with Crippen LogP contribution >= 0.6 is 0 Å². The van der Waals surface area contributed by atoms with Gasteiger partial charge in [0.15, 0.2) is 0 Å². The molecule has 0 spiro atoms. The van der Waals surface area contributed by atoms with E-state index >= 15 is 0 Å². The summed E-state index contributed by atoms with van der Waals surface area (Å²) in [5.74, 6) is 0. The molecule has 1 heterocycles. The van der Waals surface area contributed by atoms with Crippen molar-refractivity contribution in [2.75, 3.05) is 13.1 Å². The van der Waals surface area contributed by atoms with Crippen LogP contribution < -0.4 is 0 Å². The summed E-state index contributed by atoms with van der Waals surface area (Å²) in [6.45, 7) is 7.10. The summed E-state index contributed by atoms with van der Waals surface area (Å²) in [6, 6.07) is 1.60. The Labute approximate surface area is 64.4 Å². The van der Waals surface area contributed by atoms with Crippen molar-refractivity contribution >= 4 is 0 Å². The fourth-order valence-electron chi connectivity index (χ4n) is 1.61. The molecule has 0 aromatic heterocycles. The Morgan fingerprint density at radius 3 is 2.80 bits per heavy atom. The van der Waals surface area contributed by atoms with Crippen molar-refractivity contribution in [1.82, 2.24) is 4.90 Å². The van der Waals surface area contributed by atoms with Crippen LogP contribution in [0.1, 0.15) is 39.5 Å². The molecule has 0 N–H and O–H groups in total. The van der Waals surface area contributed by atoms with Gasteiger partial charge in [-0.2, -0.15) is 0 Å². The molecule has 1 heteroatoms. The Bertz CT molecular complexity index is 88.7. The Morgan fingerprint density at radius 1 is 1.40 bits per heavy atom. The molecule has 1 radical (unpaired) electrons. The number of rotatable bonds is 2. The van der Waals surface area contributed by atoms with E-state index in [0.29, 0.717) is 0 Å². The zero-order chi connectivity index (χ0) is 7.40. The van der Waals surface area contributed by atoms with Crippen LogP contribution in [0.25, 0.3) is 0 Å². The minimum atomic E-state index is 1.27. The van der Waals surface area contributed by atoms with Gasteiger partial charge in [-0.25, -0.2) is 0 Å². The smallest absolute Gasteiger partial charge is 0.0362 e. The molecule has 0 aromatic carbocycles. The average Bonchev–Trinajstić information content (AvgIpc) is 1.94. The number of hydrogen-bond donors (Lipinski definition) is 0. The van der Waals surface area contributed by atoms with Gasteiger partial charge in [-0.15, -0.1) is 0 Å². The lowest BCUT2D eigenvalue weighted by Crippen LogP contribution is -2.32. The molecule has 10 heavy (non-hydrogen) atoms. The normalized spacial score (nSPS) is 23.4. The topological polar surface area (TPSA) is 3.24 Å². The molecule has 1 rings (SSSR count). The third-order valence-electron chi connectivity index (χ3n) is 2.25. The van der Waals surface area contributed by atoms with Crippen molar-refractivity contribution < 1.29 is 0 Å². The highest BCUT2D eigenvalue weighted by molar-refractivity contribution is 4.87. The van der Waals surface area contributed by atoms with Gasteiger partial charge in [-0.3, -0.25) is 4.90 Å². The van der Waals surface area contributed by atoms with Crippen LogP contribution in [0.3, 0.4) is 0 Å². The molecule has 0 amide bonds. The molecular weight excluding hydrogens is 122 g/mol. The van der Waals surface area contributed by atoms with Crippen molar-refractivity contribution in [2.24, 2.45) is 0 Å². The molecule has 1 saturated heterocycles. The van der Waals surface area contributed by atoms with Gasteiger partial charge in [0, 0.05) is 6.04 Å². The number of likely N-dealkylation sites (tertiary alicyclic amines) is 1. The Balaban J connectivity index is 2.25. The second kappa shape index (κ2) is 3.97. The van der Waals surface area contributed by atoms with Crippen molar-refractivity contribution in [1.29, 1.82) is 0 Å². The van der Waals surface area contributed by atoms with Gasteiger partial charge in [0.2, 0.25) is 0 Å². The van der Waals surface area contributed by atoms with Crippen LogP contribution in [0, 0.1) is 6.04 Å². The van der Waals surface area contributed by atoms with Gasteiger partial charge in [-0.05, 0) is 39.3 Å². The zero-order valence-corrected chi connectivity index (χ0v) is 7.19. The van der Waals surface area contributed by atoms with E-state index in [1.165, 1.54) is 38.8 Å². The van der Waals surface area contributed by atoms with Gasteiger partial charge >= 0.3 is 0 Å². The van der Waals surface area contributed by atoms with Crippen molar-refractivity contribution in [3.05, 3.63) is 6.04 Å². The lowest BCUT2D eigenvalue weighted by atomic mass is 10.0. The summed E-state index contributed by atoms with van der Waals surface area (Å²) < 4.78 is 0. The maximum atomic E-state index is 2.53. The molecule has 0 unspecified atom stereocenters. The van der Waals surface area contributed by atoms with E-state index in [4.69, 9.17) is 0 Å². The maximum absolute atomic E-state index is 2.53. The lowest BCUT2D eigenvalue weighted by molar-refractivity contribution is 0.235. The molecule has 1 aliphatic heterocycles. The molecule has 0 aromatic rings. The molecule has 0 aliphatic carbocycles. The standard InChI is InChI=1S/C9H18N/c1-3-7-10-8-5-4-6-9(10)2/h3-8H2,1-2H3. The van der Waals surface area contributed by atoms with Crippen LogP contribution in [-0.4, -0.2) is 18.0 Å². The Morgan fingerprint density at radius 2 is 2.20 bits per heavy atom. The SMILES string of the molecule is CCCN1CCCC[C]1C. The molecule has 1 aliphatic rings. The molecular formula is C9H18N. The van der Waals surface area contributed by atoms with Crippen LogP contribution in [0.15, 0.2) is 0 Å². The van der Waals surface area contributed by atoms with Crippen LogP contribution in [0.4, 0.5) is 0 Å². The van der Waals surface area contributed by atoms with Crippen LogP contribution in [0.2, 0.25) is 0 Å². The Kier molecular flexibility index (Phi) is 3.20. The van der Waals surface area contributed by atoms with E-state index in [0.717, 1.165) is 0 Å². The molecule has 0 saturated carbocycles. The first-order valence-electron chi connectivity index (χ1n) is 4.42. The van der Waals surface area contributed by atoms with Crippen molar-refractivity contribution in [3.8, 4) is 0 Å². The highest BCUT2D eigenvalue weighted by Gasteiger charge is 2.16. The minimum absolute atomic E-state index is 1.27. The second-order valence-corrected chi connectivity index (χ2v) is 3.18. The quantitative estimate of drug-likeness (QED) is 0.569. The number of nitrogens with zero attached hydrogens (tertiary/aromatic N) is 1. The average molecular weight is 140 g/mol. The van der Waals surface area contributed by atoms with Crippen LogP contribution in [0.5, 0.6) is 0 Å². The first-order chi connectivity index (χ1) is 4.84. The van der Waals surface area contributed by atoms with E-state index in [1.54, 1.807) is 6.04 Å². The molecule has 0 bridgehead atoms. The maximum Gasteiger partial charge on any atom is 0.0362 e. The fourth-order valence-corrected chi connectivity index (χ4v) is 1.61. The lowest BCUT2D eigenvalue weighted by Gasteiger charge is -2.32. The number of hydrogen-bond acceptors (Lipinski definition) is 1. The summed E-state index contributed by atoms with van der Waals surface area (Å²) in [7, 11) is 0. The predicted molar refractivity (Wildman–Crippen MR) is 44.6 cm³/mol. The van der Waals surface area contributed by atoms with Crippen LogP contribution in [-0.2, 0) is 0 Å². The van der Waals surface area contributed by atoms with Gasteiger partial charge < -0.3 is 0 Å². The minimum Gasteiger partial charge on any atom is -0.296 e. The van der Waals surface area contributed by atoms with E-state index in [9.17, 15) is 0 Å². The summed E-state index contributed by atoms with van der Waals surface area (Å²) >= 11 is 0. The number of piperidine rings is 1. The van der Waals surface area contributed by atoms with Gasteiger partial charge in [-0.1, -0.05) is 13.3 Å². The second-order valence-electron chi connectivity index (χ2n) is 3.18. The van der Waals surface area contributed by atoms with Crippen molar-refractivity contribution in [2.45, 2.75) is 39.5 Å². The van der Waals surface area contributed by atoms with Gasteiger partial charge in [0.25, 0.3) is 0 Å². The molecule has 1 nitrogen and oxygen atoms in total. The third-order valence-corrected chi connectivity index (χ3v) is 2.25. The van der Waals surface area contributed by atoms with Crippen molar-refractivity contribution in [3.63, 3.8) is 0 Å². The van der Waals surface area contributed by atoms with Gasteiger partial charge in [0.1, 0.15) is 0 Å². The van der Waals surface area contributed by atoms with E-state index in [2.05, 4.69) is 18.7 Å². The van der Waals surface area contributed by atoms with E-state index in [1.807, 2.05) is 0 Å². The monoisotopic (exact) mass is 140 g/mol. The van der Waals surface area contributed by atoms with Gasteiger partial charge in [0.05, 0.1) is 0 Å². The van der Waals surface area contributed by atoms with E-state index < -0.39 is 0 Å².